The summed E-state index contributed by atoms with van der Waals surface area (Å²) in [6, 6.07) is 15.4. The van der Waals surface area contributed by atoms with Crippen LogP contribution in [0.3, 0.4) is 0 Å². The largest absolute Gasteiger partial charge is 0.349 e. The quantitative estimate of drug-likeness (QED) is 0.701. The Hall–Kier alpha value is -2.60. The van der Waals surface area contributed by atoms with Gasteiger partial charge in [0.25, 0.3) is 0 Å². The van der Waals surface area contributed by atoms with Crippen LogP contribution < -0.4 is 5.32 Å². The number of para-hydroxylation sites is 1. The van der Waals surface area contributed by atoms with Crippen LogP contribution in [-0.4, -0.2) is 26.4 Å². The molecule has 2 aromatic heterocycles. The fourth-order valence-corrected chi connectivity index (χ4v) is 3.08. The van der Waals surface area contributed by atoms with E-state index >= 15 is 0 Å². The molecule has 0 fully saturated rings. The van der Waals surface area contributed by atoms with Gasteiger partial charge in [-0.25, -0.2) is 9.67 Å². The minimum Gasteiger partial charge on any atom is -0.349 e. The molecule has 24 heavy (non-hydrogen) atoms. The van der Waals surface area contributed by atoms with Crippen molar-refractivity contribution < 1.29 is 4.79 Å². The number of nitrogens with zero attached hydrogens (tertiary/aromatic N) is 3. The molecule has 122 valence electrons. The van der Waals surface area contributed by atoms with E-state index in [4.69, 9.17) is 0 Å². The summed E-state index contributed by atoms with van der Waals surface area (Å²) >= 11 is 1.43. The molecule has 0 unspecified atom stereocenters. The van der Waals surface area contributed by atoms with Gasteiger partial charge in [0.15, 0.2) is 0 Å². The molecular weight excluding hydrogens is 320 g/mol. The van der Waals surface area contributed by atoms with Crippen LogP contribution in [0.1, 0.15) is 18.5 Å². The molecule has 0 aliphatic carbocycles. The number of rotatable bonds is 6. The smallest absolute Gasteiger partial charge is 0.230 e. The topological polar surface area (TPSA) is 59.8 Å². The van der Waals surface area contributed by atoms with Crippen molar-refractivity contribution in [3.8, 4) is 5.69 Å². The minimum atomic E-state index is -0.109. The lowest BCUT2D eigenvalue weighted by molar-refractivity contribution is -0.119. The lowest BCUT2D eigenvalue weighted by Crippen LogP contribution is -2.29. The van der Waals surface area contributed by atoms with E-state index in [1.165, 1.54) is 11.8 Å². The van der Waals surface area contributed by atoms with E-state index in [9.17, 15) is 4.79 Å². The Balaban J connectivity index is 1.65. The van der Waals surface area contributed by atoms with E-state index in [0.717, 1.165) is 16.3 Å². The summed E-state index contributed by atoms with van der Waals surface area (Å²) in [7, 11) is 0. The fraction of sp³-hybridized carbons (Fsp3) is 0.167. The molecular formula is C18H18N4OS. The van der Waals surface area contributed by atoms with Gasteiger partial charge in [0.2, 0.25) is 5.91 Å². The van der Waals surface area contributed by atoms with E-state index in [1.807, 2.05) is 61.7 Å². The van der Waals surface area contributed by atoms with E-state index in [2.05, 4.69) is 15.4 Å². The summed E-state index contributed by atoms with van der Waals surface area (Å²) in [6.45, 7) is 1.98. The SMILES string of the molecule is C[C@@H](NC(=O)CSc1ccccn1)c1ccccc1-n1cccn1. The van der Waals surface area contributed by atoms with Crippen LogP contribution in [0.4, 0.5) is 0 Å². The third-order valence-electron chi connectivity index (χ3n) is 3.52. The Labute approximate surface area is 145 Å². The lowest BCUT2D eigenvalue weighted by atomic mass is 10.1. The molecule has 1 atom stereocenters. The third kappa shape index (κ3) is 4.02. The molecule has 0 spiro atoms. The van der Waals surface area contributed by atoms with Gasteiger partial charge in [0, 0.05) is 18.6 Å². The number of carbonyl (C=O) groups is 1. The van der Waals surface area contributed by atoms with Gasteiger partial charge in [-0.2, -0.15) is 5.10 Å². The van der Waals surface area contributed by atoms with Crippen LogP contribution >= 0.6 is 11.8 Å². The van der Waals surface area contributed by atoms with Gasteiger partial charge < -0.3 is 5.32 Å². The average molecular weight is 338 g/mol. The second-order valence-corrected chi connectivity index (χ2v) is 6.25. The van der Waals surface area contributed by atoms with Gasteiger partial charge in [-0.3, -0.25) is 4.79 Å². The normalized spacial score (nSPS) is 11.9. The number of nitrogens with one attached hydrogen (secondary N) is 1. The zero-order valence-corrected chi connectivity index (χ0v) is 14.1. The molecule has 0 saturated carbocycles. The van der Waals surface area contributed by atoms with Crippen LogP contribution in [0.25, 0.3) is 5.69 Å². The highest BCUT2D eigenvalue weighted by Crippen LogP contribution is 2.21. The summed E-state index contributed by atoms with van der Waals surface area (Å²) in [5, 5.41) is 8.16. The summed E-state index contributed by atoms with van der Waals surface area (Å²) in [5.74, 6) is 0.319. The highest BCUT2D eigenvalue weighted by molar-refractivity contribution is 7.99. The van der Waals surface area contributed by atoms with E-state index in [0.29, 0.717) is 5.75 Å². The van der Waals surface area contributed by atoms with Gasteiger partial charge >= 0.3 is 0 Å². The average Bonchev–Trinajstić information content (AvgIpc) is 3.15. The number of hydrogen-bond acceptors (Lipinski definition) is 4. The Bertz CT molecular complexity index is 790. The second kappa shape index (κ2) is 7.79. The number of pyridine rings is 1. The molecule has 3 rings (SSSR count). The summed E-state index contributed by atoms with van der Waals surface area (Å²) in [4.78, 5) is 16.4. The van der Waals surface area contributed by atoms with Crippen molar-refractivity contribution in [2.75, 3.05) is 5.75 Å². The first kappa shape index (κ1) is 16.3. The fourth-order valence-electron chi connectivity index (χ4n) is 2.41. The lowest BCUT2D eigenvalue weighted by Gasteiger charge is -2.18. The number of carbonyl (C=O) groups excluding carboxylic acids is 1. The number of aromatic nitrogens is 3. The molecule has 5 nitrogen and oxygen atoms in total. The van der Waals surface area contributed by atoms with Gasteiger partial charge in [0.05, 0.1) is 22.5 Å². The number of hydrogen-bond donors (Lipinski definition) is 1. The van der Waals surface area contributed by atoms with Crippen LogP contribution in [0.15, 0.2) is 72.1 Å². The first-order valence-corrected chi connectivity index (χ1v) is 8.65. The van der Waals surface area contributed by atoms with E-state index in [-0.39, 0.29) is 11.9 Å². The molecule has 0 radical (unpaired) electrons. The van der Waals surface area contributed by atoms with Gasteiger partial charge in [0.1, 0.15) is 0 Å². The number of thioether (sulfide) groups is 1. The first-order chi connectivity index (χ1) is 11.7. The van der Waals surface area contributed by atoms with Gasteiger partial charge in [-0.05, 0) is 36.8 Å². The predicted molar refractivity (Wildman–Crippen MR) is 95.1 cm³/mol. The molecule has 6 heteroatoms. The van der Waals surface area contributed by atoms with Crippen LogP contribution in [0, 0.1) is 0 Å². The molecule has 0 aliphatic rings. The van der Waals surface area contributed by atoms with E-state index < -0.39 is 0 Å². The molecule has 3 aromatic rings. The van der Waals surface area contributed by atoms with Crippen molar-refractivity contribution in [1.82, 2.24) is 20.1 Å². The number of amides is 1. The van der Waals surface area contributed by atoms with Crippen molar-refractivity contribution in [1.29, 1.82) is 0 Å². The van der Waals surface area contributed by atoms with Crippen molar-refractivity contribution in [3.05, 3.63) is 72.7 Å². The van der Waals surface area contributed by atoms with Crippen molar-refractivity contribution in [2.45, 2.75) is 18.0 Å². The Morgan fingerprint density at radius 3 is 2.75 bits per heavy atom. The first-order valence-electron chi connectivity index (χ1n) is 7.66. The molecule has 1 aromatic carbocycles. The van der Waals surface area contributed by atoms with Crippen molar-refractivity contribution in [3.63, 3.8) is 0 Å². The zero-order valence-electron chi connectivity index (χ0n) is 13.3. The maximum absolute atomic E-state index is 12.2. The summed E-state index contributed by atoms with van der Waals surface area (Å²) in [6.07, 6.45) is 5.36. The van der Waals surface area contributed by atoms with Crippen LogP contribution in [-0.2, 0) is 4.79 Å². The molecule has 0 aliphatic heterocycles. The minimum absolute atomic E-state index is 0.0200. The highest BCUT2D eigenvalue weighted by atomic mass is 32.2. The molecule has 0 saturated heterocycles. The van der Waals surface area contributed by atoms with Crippen molar-refractivity contribution in [2.24, 2.45) is 0 Å². The predicted octanol–water partition coefficient (Wildman–Crippen LogP) is 3.24. The summed E-state index contributed by atoms with van der Waals surface area (Å²) < 4.78 is 1.81. The van der Waals surface area contributed by atoms with Gasteiger partial charge in [-0.15, -0.1) is 0 Å². The monoisotopic (exact) mass is 338 g/mol. The standard InChI is InChI=1S/C18H18N4OS/c1-14(21-17(23)13-24-18-9-4-5-10-19-18)15-7-2-3-8-16(15)22-12-6-11-20-22/h2-12,14H,13H2,1H3,(H,21,23)/t14-/m1/s1. The molecule has 2 heterocycles. The maximum Gasteiger partial charge on any atom is 0.230 e. The molecule has 1 N–H and O–H groups in total. The van der Waals surface area contributed by atoms with Crippen LogP contribution in [0.5, 0.6) is 0 Å². The Morgan fingerprint density at radius 2 is 2.00 bits per heavy atom. The number of benzene rings is 1. The second-order valence-electron chi connectivity index (χ2n) is 5.26. The van der Waals surface area contributed by atoms with Crippen molar-refractivity contribution >= 4 is 17.7 Å². The van der Waals surface area contributed by atoms with E-state index in [1.54, 1.807) is 17.1 Å². The van der Waals surface area contributed by atoms with Gasteiger partial charge in [-0.1, -0.05) is 36.0 Å². The molecule has 0 bridgehead atoms. The zero-order chi connectivity index (χ0) is 16.8. The molecule has 1 amide bonds. The van der Waals surface area contributed by atoms with Crippen LogP contribution in [0.2, 0.25) is 0 Å². The highest BCUT2D eigenvalue weighted by Gasteiger charge is 2.14. The maximum atomic E-state index is 12.2. The summed E-state index contributed by atoms with van der Waals surface area (Å²) in [5.41, 5.74) is 1.99. The third-order valence-corrected chi connectivity index (χ3v) is 4.46. The Morgan fingerprint density at radius 1 is 1.17 bits per heavy atom. The Kier molecular flexibility index (Phi) is 5.28.